The van der Waals surface area contributed by atoms with Gasteiger partial charge in [0.15, 0.2) is 0 Å². The van der Waals surface area contributed by atoms with Crippen LogP contribution in [0.5, 0.6) is 0 Å². The molecular formula is C51H32N2S. The third kappa shape index (κ3) is 4.90. The van der Waals surface area contributed by atoms with Crippen LogP contribution in [0.3, 0.4) is 0 Å². The van der Waals surface area contributed by atoms with Crippen molar-refractivity contribution in [3.63, 3.8) is 0 Å². The maximum absolute atomic E-state index is 5.22. The third-order valence-electron chi connectivity index (χ3n) is 10.8. The van der Waals surface area contributed by atoms with E-state index in [2.05, 4.69) is 199 Å². The first-order chi connectivity index (χ1) is 26.8. The molecule has 0 aliphatic carbocycles. The van der Waals surface area contributed by atoms with Gasteiger partial charge in [-0.1, -0.05) is 140 Å². The topological polar surface area (TPSA) is 17.8 Å². The lowest BCUT2D eigenvalue weighted by Crippen LogP contribution is -1.97. The highest BCUT2D eigenvalue weighted by Gasteiger charge is 2.20. The standard InChI is InChI=1S/C51H32N2S/c1-3-14-33(15-4-1)34-26-28-42-44(31-34)50(36-27-29-48-43(32-36)39-20-9-12-25-47(39)54-48)41-22-8-7-21-40(41)49(42)35-16-13-17-37(30-35)51-52-45-23-10-11-24-46(45)53(51)38-18-5-2-6-19-38/h1-32H. The van der Waals surface area contributed by atoms with Crippen molar-refractivity contribution in [1.29, 1.82) is 0 Å². The molecule has 0 aliphatic rings. The molecule has 2 heterocycles. The molecule has 0 atom stereocenters. The molecule has 0 spiro atoms. The SMILES string of the molecule is c1ccc(-c2ccc3c(-c4cccc(-c5nc6ccccc6n5-c5ccccc5)c4)c4ccccc4c(-c4ccc5sc6ccccc6c5c4)c3c2)cc1. The van der Waals surface area contributed by atoms with Gasteiger partial charge in [0.25, 0.3) is 0 Å². The van der Waals surface area contributed by atoms with Crippen molar-refractivity contribution in [2.24, 2.45) is 0 Å². The molecule has 0 saturated carbocycles. The van der Waals surface area contributed by atoms with E-state index in [1.54, 1.807) is 0 Å². The minimum atomic E-state index is 0.928. The van der Waals surface area contributed by atoms with Crippen LogP contribution >= 0.6 is 11.3 Å². The number of imidazole rings is 1. The normalized spacial score (nSPS) is 11.7. The highest BCUT2D eigenvalue weighted by molar-refractivity contribution is 7.25. The Morgan fingerprint density at radius 1 is 0.352 bits per heavy atom. The van der Waals surface area contributed by atoms with Crippen molar-refractivity contribution in [1.82, 2.24) is 9.55 Å². The second-order valence-electron chi connectivity index (χ2n) is 13.9. The van der Waals surface area contributed by atoms with E-state index >= 15 is 0 Å². The van der Waals surface area contributed by atoms with Crippen molar-refractivity contribution < 1.29 is 0 Å². The van der Waals surface area contributed by atoms with E-state index in [1.165, 1.54) is 75.1 Å². The predicted octanol–water partition coefficient (Wildman–Crippen LogP) is 14.4. The van der Waals surface area contributed by atoms with Crippen LogP contribution in [0.25, 0.3) is 103 Å². The molecule has 0 unspecified atom stereocenters. The smallest absolute Gasteiger partial charge is 0.145 e. The Hall–Kier alpha value is -6.81. The monoisotopic (exact) mass is 704 g/mol. The van der Waals surface area contributed by atoms with Crippen molar-refractivity contribution in [3.05, 3.63) is 194 Å². The van der Waals surface area contributed by atoms with Gasteiger partial charge in [-0.05, 0) is 110 Å². The molecule has 0 N–H and O–H groups in total. The van der Waals surface area contributed by atoms with E-state index in [-0.39, 0.29) is 0 Å². The molecule has 0 amide bonds. The molecule has 0 aliphatic heterocycles. The van der Waals surface area contributed by atoms with Crippen molar-refractivity contribution in [2.45, 2.75) is 0 Å². The van der Waals surface area contributed by atoms with Gasteiger partial charge in [0, 0.05) is 31.4 Å². The van der Waals surface area contributed by atoms with Crippen LogP contribution in [-0.2, 0) is 0 Å². The second kappa shape index (κ2) is 12.4. The maximum atomic E-state index is 5.22. The molecule has 0 saturated heterocycles. The van der Waals surface area contributed by atoms with E-state index in [0.29, 0.717) is 0 Å². The summed E-state index contributed by atoms with van der Waals surface area (Å²) < 4.78 is 4.92. The molecule has 9 aromatic carbocycles. The average molecular weight is 705 g/mol. The van der Waals surface area contributed by atoms with E-state index < -0.39 is 0 Å². The Labute approximate surface area is 316 Å². The molecule has 252 valence electrons. The Bertz CT molecular complexity index is 3210. The Morgan fingerprint density at radius 3 is 1.76 bits per heavy atom. The molecule has 2 nitrogen and oxygen atoms in total. The van der Waals surface area contributed by atoms with Crippen molar-refractivity contribution >= 4 is 64.1 Å². The minimum absolute atomic E-state index is 0.928. The molecule has 0 radical (unpaired) electrons. The van der Waals surface area contributed by atoms with Crippen LogP contribution in [0.15, 0.2) is 194 Å². The lowest BCUT2D eigenvalue weighted by molar-refractivity contribution is 1.10. The molecule has 54 heavy (non-hydrogen) atoms. The summed E-state index contributed by atoms with van der Waals surface area (Å²) in [6.45, 7) is 0. The number of hydrogen-bond acceptors (Lipinski definition) is 2. The fourth-order valence-electron chi connectivity index (χ4n) is 8.36. The first-order valence-electron chi connectivity index (χ1n) is 18.4. The minimum Gasteiger partial charge on any atom is -0.292 e. The predicted molar refractivity (Wildman–Crippen MR) is 231 cm³/mol. The number of aromatic nitrogens is 2. The summed E-state index contributed by atoms with van der Waals surface area (Å²) in [5, 5.41) is 7.57. The van der Waals surface area contributed by atoms with Gasteiger partial charge in [-0.15, -0.1) is 11.3 Å². The van der Waals surface area contributed by atoms with E-state index in [4.69, 9.17) is 4.98 Å². The van der Waals surface area contributed by atoms with Gasteiger partial charge < -0.3 is 0 Å². The zero-order chi connectivity index (χ0) is 35.6. The fourth-order valence-corrected chi connectivity index (χ4v) is 9.45. The van der Waals surface area contributed by atoms with Crippen LogP contribution in [0, 0.1) is 0 Å². The summed E-state index contributed by atoms with van der Waals surface area (Å²) in [5.41, 5.74) is 11.5. The maximum Gasteiger partial charge on any atom is 0.145 e. The van der Waals surface area contributed by atoms with Crippen LogP contribution in [0.2, 0.25) is 0 Å². The summed E-state index contributed by atoms with van der Waals surface area (Å²) in [6, 6.07) is 70.5. The molecule has 11 rings (SSSR count). The lowest BCUT2D eigenvalue weighted by Gasteiger charge is -2.19. The first-order valence-corrected chi connectivity index (χ1v) is 19.2. The highest BCUT2D eigenvalue weighted by atomic mass is 32.1. The first kappa shape index (κ1) is 30.8. The summed E-state index contributed by atoms with van der Waals surface area (Å²) in [4.78, 5) is 5.22. The largest absolute Gasteiger partial charge is 0.292 e. The molecule has 0 fully saturated rings. The van der Waals surface area contributed by atoms with E-state index in [9.17, 15) is 0 Å². The third-order valence-corrected chi connectivity index (χ3v) is 11.9. The number of nitrogens with zero attached hydrogens (tertiary/aromatic N) is 2. The van der Waals surface area contributed by atoms with Gasteiger partial charge in [-0.3, -0.25) is 4.57 Å². The van der Waals surface area contributed by atoms with Gasteiger partial charge in [0.05, 0.1) is 11.0 Å². The second-order valence-corrected chi connectivity index (χ2v) is 15.0. The van der Waals surface area contributed by atoms with Gasteiger partial charge in [-0.25, -0.2) is 4.98 Å². The van der Waals surface area contributed by atoms with E-state index in [0.717, 1.165) is 28.1 Å². The number of thiophene rings is 1. The number of para-hydroxylation sites is 3. The number of rotatable bonds is 5. The van der Waals surface area contributed by atoms with Crippen LogP contribution in [-0.4, -0.2) is 9.55 Å². The van der Waals surface area contributed by atoms with Crippen molar-refractivity contribution in [2.75, 3.05) is 0 Å². The van der Waals surface area contributed by atoms with E-state index in [1.807, 2.05) is 11.3 Å². The summed E-state index contributed by atoms with van der Waals surface area (Å²) >= 11 is 1.87. The fraction of sp³-hybridized carbons (Fsp3) is 0. The average Bonchev–Trinajstić information content (AvgIpc) is 3.82. The van der Waals surface area contributed by atoms with Gasteiger partial charge >= 0.3 is 0 Å². The quantitative estimate of drug-likeness (QED) is 0.163. The van der Waals surface area contributed by atoms with Gasteiger partial charge in [0.1, 0.15) is 5.82 Å². The molecule has 0 bridgehead atoms. The summed E-state index contributed by atoms with van der Waals surface area (Å²) in [7, 11) is 0. The van der Waals surface area contributed by atoms with Crippen molar-refractivity contribution in [3.8, 4) is 50.5 Å². The molecule has 2 aromatic heterocycles. The van der Waals surface area contributed by atoms with Gasteiger partial charge in [-0.2, -0.15) is 0 Å². The molecule has 11 aromatic rings. The van der Waals surface area contributed by atoms with Gasteiger partial charge in [0.2, 0.25) is 0 Å². The number of fused-ring (bicyclic) bond motifs is 6. The number of hydrogen-bond donors (Lipinski definition) is 0. The zero-order valence-corrected chi connectivity index (χ0v) is 30.1. The summed E-state index contributed by atoms with van der Waals surface area (Å²) in [5.74, 6) is 0.928. The molecule has 3 heteroatoms. The Balaban J connectivity index is 1.20. The Kier molecular flexibility index (Phi) is 7.07. The van der Waals surface area contributed by atoms with Crippen LogP contribution in [0.4, 0.5) is 0 Å². The summed E-state index contributed by atoms with van der Waals surface area (Å²) in [6.07, 6.45) is 0. The molecular weight excluding hydrogens is 673 g/mol. The van der Waals surface area contributed by atoms with Crippen LogP contribution in [0.1, 0.15) is 0 Å². The number of benzene rings is 9. The lowest BCUT2D eigenvalue weighted by atomic mass is 9.84. The highest BCUT2D eigenvalue weighted by Crippen LogP contribution is 2.47. The zero-order valence-electron chi connectivity index (χ0n) is 29.3. The van der Waals surface area contributed by atoms with Crippen LogP contribution < -0.4 is 0 Å². The Morgan fingerprint density at radius 2 is 0.926 bits per heavy atom.